The number of rotatable bonds is 5. The van der Waals surface area contributed by atoms with E-state index in [1.54, 1.807) is 6.07 Å². The average molecular weight is 410 g/mol. The number of halogens is 1. The van der Waals surface area contributed by atoms with E-state index in [2.05, 4.69) is 17.4 Å². The zero-order valence-electron chi connectivity index (χ0n) is 17.4. The predicted octanol–water partition coefficient (Wildman–Crippen LogP) is 4.76. The first-order chi connectivity index (χ1) is 14.4. The Morgan fingerprint density at radius 3 is 2.70 bits per heavy atom. The SMILES string of the molecule is Cc1ccc(NC(=O)C2(C[C@@H]3CC(c4cccc(F)c4)=NO3)CCOCC2)cc1C. The van der Waals surface area contributed by atoms with E-state index in [0.29, 0.717) is 38.9 Å². The third-order valence-corrected chi connectivity index (χ3v) is 6.21. The summed E-state index contributed by atoms with van der Waals surface area (Å²) in [6.07, 6.45) is 2.17. The van der Waals surface area contributed by atoms with E-state index in [4.69, 9.17) is 9.57 Å². The summed E-state index contributed by atoms with van der Waals surface area (Å²) in [5.41, 5.74) is 4.00. The van der Waals surface area contributed by atoms with Gasteiger partial charge in [-0.15, -0.1) is 0 Å². The molecule has 30 heavy (non-hydrogen) atoms. The van der Waals surface area contributed by atoms with Gasteiger partial charge in [0, 0.05) is 37.3 Å². The number of benzene rings is 2. The maximum Gasteiger partial charge on any atom is 0.230 e. The maximum absolute atomic E-state index is 13.6. The molecule has 0 bridgehead atoms. The van der Waals surface area contributed by atoms with Crippen molar-refractivity contribution in [2.75, 3.05) is 18.5 Å². The van der Waals surface area contributed by atoms with Crippen LogP contribution >= 0.6 is 0 Å². The summed E-state index contributed by atoms with van der Waals surface area (Å²) in [7, 11) is 0. The molecule has 2 aliphatic rings. The minimum atomic E-state index is -0.575. The highest BCUT2D eigenvalue weighted by Gasteiger charge is 2.43. The third-order valence-electron chi connectivity index (χ3n) is 6.21. The topological polar surface area (TPSA) is 59.9 Å². The first-order valence-electron chi connectivity index (χ1n) is 10.4. The first kappa shape index (κ1) is 20.5. The van der Waals surface area contributed by atoms with Crippen molar-refractivity contribution in [2.24, 2.45) is 10.6 Å². The van der Waals surface area contributed by atoms with Crippen LogP contribution < -0.4 is 5.32 Å². The summed E-state index contributed by atoms with van der Waals surface area (Å²) < 4.78 is 19.1. The predicted molar refractivity (Wildman–Crippen MR) is 114 cm³/mol. The van der Waals surface area contributed by atoms with Crippen LogP contribution in [0.3, 0.4) is 0 Å². The largest absolute Gasteiger partial charge is 0.392 e. The third kappa shape index (κ3) is 4.38. The molecule has 0 unspecified atom stereocenters. The molecule has 6 heteroatoms. The lowest BCUT2D eigenvalue weighted by molar-refractivity contribution is -0.134. The van der Waals surface area contributed by atoms with E-state index < -0.39 is 5.41 Å². The summed E-state index contributed by atoms with van der Waals surface area (Å²) in [5, 5.41) is 7.28. The second-order valence-electron chi connectivity index (χ2n) is 8.33. The van der Waals surface area contributed by atoms with Gasteiger partial charge in [-0.2, -0.15) is 0 Å². The molecule has 5 nitrogen and oxygen atoms in total. The zero-order chi connectivity index (χ0) is 21.1. The number of carbonyl (C=O) groups is 1. The van der Waals surface area contributed by atoms with Gasteiger partial charge in [0.05, 0.1) is 11.1 Å². The van der Waals surface area contributed by atoms with Gasteiger partial charge in [0.15, 0.2) is 0 Å². The highest BCUT2D eigenvalue weighted by Crippen LogP contribution is 2.39. The standard InChI is InChI=1S/C24H27FN2O3/c1-16-6-7-20(12-17(16)2)26-23(28)24(8-10-29-11-9-24)15-21-14-22(27-30-21)18-4-3-5-19(25)13-18/h3-7,12-13,21H,8-11,14-15H2,1-2H3,(H,26,28)/t21-/m0/s1. The van der Waals surface area contributed by atoms with Crippen LogP contribution in [-0.2, 0) is 14.4 Å². The van der Waals surface area contributed by atoms with E-state index >= 15 is 0 Å². The van der Waals surface area contributed by atoms with Gasteiger partial charge < -0.3 is 14.9 Å². The molecule has 0 saturated carbocycles. The number of nitrogens with zero attached hydrogens (tertiary/aromatic N) is 1. The lowest BCUT2D eigenvalue weighted by Gasteiger charge is -2.37. The van der Waals surface area contributed by atoms with Gasteiger partial charge in [0.25, 0.3) is 0 Å². The Morgan fingerprint density at radius 2 is 1.97 bits per heavy atom. The number of amides is 1. The fraction of sp³-hybridized carbons (Fsp3) is 0.417. The molecule has 1 amide bonds. The minimum Gasteiger partial charge on any atom is -0.392 e. The summed E-state index contributed by atoms with van der Waals surface area (Å²) in [6, 6.07) is 12.3. The molecule has 1 saturated heterocycles. The van der Waals surface area contributed by atoms with Crippen molar-refractivity contribution in [3.05, 3.63) is 65.0 Å². The molecule has 2 heterocycles. The number of aryl methyl sites for hydroxylation is 2. The van der Waals surface area contributed by atoms with E-state index in [1.165, 1.54) is 17.7 Å². The number of anilines is 1. The molecule has 0 aromatic heterocycles. The van der Waals surface area contributed by atoms with Crippen LogP contribution in [0.4, 0.5) is 10.1 Å². The van der Waals surface area contributed by atoms with Crippen LogP contribution in [0.5, 0.6) is 0 Å². The molecule has 1 N–H and O–H groups in total. The molecule has 2 aromatic carbocycles. The fourth-order valence-corrected chi connectivity index (χ4v) is 4.18. The van der Waals surface area contributed by atoms with E-state index in [-0.39, 0.29) is 17.8 Å². The van der Waals surface area contributed by atoms with Crippen molar-refractivity contribution in [1.82, 2.24) is 0 Å². The van der Waals surface area contributed by atoms with Crippen LogP contribution in [0.15, 0.2) is 47.6 Å². The van der Waals surface area contributed by atoms with Crippen LogP contribution in [-0.4, -0.2) is 30.9 Å². The van der Waals surface area contributed by atoms with Gasteiger partial charge in [-0.3, -0.25) is 4.79 Å². The molecule has 1 atom stereocenters. The van der Waals surface area contributed by atoms with Crippen molar-refractivity contribution in [1.29, 1.82) is 0 Å². The second kappa shape index (κ2) is 8.56. The van der Waals surface area contributed by atoms with Gasteiger partial charge in [-0.25, -0.2) is 4.39 Å². The Hall–Kier alpha value is -2.73. The highest BCUT2D eigenvalue weighted by molar-refractivity contribution is 6.01. The van der Waals surface area contributed by atoms with E-state index in [9.17, 15) is 9.18 Å². The number of hydrogen-bond acceptors (Lipinski definition) is 4. The van der Waals surface area contributed by atoms with Crippen LogP contribution in [0, 0.1) is 25.1 Å². The summed E-state index contributed by atoms with van der Waals surface area (Å²) >= 11 is 0. The summed E-state index contributed by atoms with van der Waals surface area (Å²) in [4.78, 5) is 19.0. The van der Waals surface area contributed by atoms with Gasteiger partial charge in [0.1, 0.15) is 11.9 Å². The van der Waals surface area contributed by atoms with Crippen molar-refractivity contribution in [3.8, 4) is 0 Å². The zero-order valence-corrected chi connectivity index (χ0v) is 17.4. The van der Waals surface area contributed by atoms with Gasteiger partial charge in [-0.1, -0.05) is 23.4 Å². The van der Waals surface area contributed by atoms with Gasteiger partial charge in [0.2, 0.25) is 5.91 Å². The number of carbonyl (C=O) groups excluding carboxylic acids is 1. The van der Waals surface area contributed by atoms with Crippen molar-refractivity contribution < 1.29 is 18.8 Å². The summed E-state index contributed by atoms with van der Waals surface area (Å²) in [5.74, 6) is -0.302. The molecule has 2 aromatic rings. The fourth-order valence-electron chi connectivity index (χ4n) is 4.18. The van der Waals surface area contributed by atoms with Gasteiger partial charge in [-0.05, 0) is 62.1 Å². The Kier molecular flexibility index (Phi) is 5.86. The number of ether oxygens (including phenoxy) is 1. The van der Waals surface area contributed by atoms with Gasteiger partial charge >= 0.3 is 0 Å². The van der Waals surface area contributed by atoms with Crippen molar-refractivity contribution in [2.45, 2.75) is 45.6 Å². The summed E-state index contributed by atoms with van der Waals surface area (Å²) in [6.45, 7) is 5.18. The lowest BCUT2D eigenvalue weighted by Crippen LogP contribution is -2.43. The lowest BCUT2D eigenvalue weighted by atomic mass is 9.74. The maximum atomic E-state index is 13.6. The second-order valence-corrected chi connectivity index (χ2v) is 8.33. The molecule has 2 aliphatic heterocycles. The quantitative estimate of drug-likeness (QED) is 0.773. The molecular weight excluding hydrogens is 383 g/mol. The number of nitrogens with one attached hydrogen (secondary N) is 1. The van der Waals surface area contributed by atoms with E-state index in [0.717, 1.165) is 22.5 Å². The Morgan fingerprint density at radius 1 is 1.17 bits per heavy atom. The van der Waals surface area contributed by atoms with Crippen LogP contribution in [0.25, 0.3) is 0 Å². The first-order valence-corrected chi connectivity index (χ1v) is 10.4. The molecule has 0 spiro atoms. The van der Waals surface area contributed by atoms with Crippen molar-refractivity contribution in [3.63, 3.8) is 0 Å². The molecule has 0 radical (unpaired) electrons. The average Bonchev–Trinajstić information content (AvgIpc) is 3.20. The van der Waals surface area contributed by atoms with Crippen LogP contribution in [0.2, 0.25) is 0 Å². The monoisotopic (exact) mass is 410 g/mol. The Bertz CT molecular complexity index is 967. The minimum absolute atomic E-state index is 0.00291. The number of oxime groups is 1. The Balaban J connectivity index is 1.47. The number of hydrogen-bond donors (Lipinski definition) is 1. The smallest absolute Gasteiger partial charge is 0.230 e. The van der Waals surface area contributed by atoms with Crippen LogP contribution in [0.1, 0.15) is 42.4 Å². The molecule has 4 rings (SSSR count). The van der Waals surface area contributed by atoms with Crippen molar-refractivity contribution >= 4 is 17.3 Å². The molecule has 0 aliphatic carbocycles. The molecule has 1 fully saturated rings. The normalized spacial score (nSPS) is 20.4. The highest BCUT2D eigenvalue weighted by atomic mass is 19.1. The molecule has 158 valence electrons. The molecular formula is C24H27FN2O3. The Labute approximate surface area is 176 Å². The van der Waals surface area contributed by atoms with E-state index in [1.807, 2.05) is 31.2 Å².